The molecule has 0 radical (unpaired) electrons. The molecule has 10 nitrogen and oxygen atoms in total. The van der Waals surface area contributed by atoms with Crippen LogP contribution in [0.25, 0.3) is 28.7 Å². The number of nitro benzene ring substituents is 1. The number of ether oxygens (including phenoxy) is 1. The summed E-state index contributed by atoms with van der Waals surface area (Å²) in [5, 5.41) is 11.9. The summed E-state index contributed by atoms with van der Waals surface area (Å²) in [6.07, 6.45) is 1.56. The molecule has 1 aliphatic heterocycles. The van der Waals surface area contributed by atoms with Crippen LogP contribution in [0.3, 0.4) is 0 Å². The number of carbonyl (C=O) groups is 1. The van der Waals surface area contributed by atoms with Crippen molar-refractivity contribution in [1.82, 2.24) is 4.57 Å². The van der Waals surface area contributed by atoms with Gasteiger partial charge in [-0.1, -0.05) is 46.7 Å². The number of furan rings is 2. The van der Waals surface area contributed by atoms with E-state index in [-0.39, 0.29) is 17.9 Å². The molecule has 0 amide bonds. The number of allylic oxidation sites excluding steroid dienone is 1. The summed E-state index contributed by atoms with van der Waals surface area (Å²) in [6.45, 7) is 3.50. The van der Waals surface area contributed by atoms with Gasteiger partial charge in [-0.2, -0.15) is 0 Å². The SMILES string of the molecule is CCOC(=O)C1=C(C)N=c2s/c(=C\c3ccc(-c4cccc([N+](=O)[O-])c4)o3)c(=O)n2[C@@H]1c1ccc(-c2ccc(Cl)c(Cl)c2)o1. The smallest absolute Gasteiger partial charge is 0.338 e. The number of rotatable bonds is 7. The van der Waals surface area contributed by atoms with Crippen molar-refractivity contribution in [2.75, 3.05) is 6.61 Å². The molecule has 0 saturated carbocycles. The largest absolute Gasteiger partial charge is 0.463 e. The van der Waals surface area contributed by atoms with Crippen LogP contribution in [0, 0.1) is 10.1 Å². The molecular weight excluding hydrogens is 629 g/mol. The maximum atomic E-state index is 13.9. The molecule has 13 heteroatoms. The number of fused-ring (bicyclic) bond motifs is 1. The Balaban J connectivity index is 1.45. The number of benzene rings is 2. The van der Waals surface area contributed by atoms with Gasteiger partial charge in [0.15, 0.2) is 4.80 Å². The number of hydrogen-bond donors (Lipinski definition) is 0. The average molecular weight is 650 g/mol. The molecule has 3 aromatic heterocycles. The second kappa shape index (κ2) is 11.8. The van der Waals surface area contributed by atoms with E-state index in [4.69, 9.17) is 36.8 Å². The Morgan fingerprint density at radius 1 is 1.07 bits per heavy atom. The van der Waals surface area contributed by atoms with E-state index >= 15 is 0 Å². The van der Waals surface area contributed by atoms with E-state index in [1.54, 1.807) is 74.5 Å². The van der Waals surface area contributed by atoms with Gasteiger partial charge in [-0.3, -0.25) is 19.5 Å². The van der Waals surface area contributed by atoms with Crippen LogP contribution in [0.4, 0.5) is 5.69 Å². The number of aromatic nitrogens is 1. The van der Waals surface area contributed by atoms with Crippen molar-refractivity contribution in [2.45, 2.75) is 19.9 Å². The van der Waals surface area contributed by atoms with Gasteiger partial charge in [0.2, 0.25) is 0 Å². The van der Waals surface area contributed by atoms with Gasteiger partial charge in [0.25, 0.3) is 11.2 Å². The Hall–Kier alpha value is -4.71. The lowest BCUT2D eigenvalue weighted by atomic mass is 10.0. The lowest BCUT2D eigenvalue weighted by molar-refractivity contribution is -0.384. The lowest BCUT2D eigenvalue weighted by Crippen LogP contribution is -2.39. The predicted octanol–water partition coefficient (Wildman–Crippen LogP) is 6.53. The highest BCUT2D eigenvalue weighted by molar-refractivity contribution is 7.07. The number of non-ortho nitro benzene ring substituents is 1. The predicted molar refractivity (Wildman–Crippen MR) is 165 cm³/mol. The van der Waals surface area contributed by atoms with Gasteiger partial charge < -0.3 is 13.6 Å². The first kappa shape index (κ1) is 29.4. The van der Waals surface area contributed by atoms with Crippen molar-refractivity contribution < 1.29 is 23.3 Å². The van der Waals surface area contributed by atoms with Crippen LogP contribution in [0.2, 0.25) is 10.0 Å². The number of nitrogens with zero attached hydrogens (tertiary/aromatic N) is 3. The second-order valence-electron chi connectivity index (χ2n) is 9.64. The minimum Gasteiger partial charge on any atom is -0.463 e. The number of nitro groups is 1. The first-order valence-electron chi connectivity index (χ1n) is 13.2. The highest BCUT2D eigenvalue weighted by Crippen LogP contribution is 2.36. The highest BCUT2D eigenvalue weighted by atomic mass is 35.5. The van der Waals surface area contributed by atoms with Crippen molar-refractivity contribution >= 4 is 52.3 Å². The topological polar surface area (TPSA) is 130 Å². The van der Waals surface area contributed by atoms with E-state index in [0.717, 1.165) is 11.3 Å². The molecule has 6 rings (SSSR count). The van der Waals surface area contributed by atoms with E-state index in [0.29, 0.717) is 59.2 Å². The summed E-state index contributed by atoms with van der Waals surface area (Å²) in [7, 11) is 0. The summed E-state index contributed by atoms with van der Waals surface area (Å²) >= 11 is 13.4. The molecule has 0 saturated heterocycles. The van der Waals surface area contributed by atoms with E-state index in [1.165, 1.54) is 16.7 Å². The van der Waals surface area contributed by atoms with Crippen LogP contribution in [-0.2, 0) is 9.53 Å². The van der Waals surface area contributed by atoms with Gasteiger partial charge in [-0.05, 0) is 56.3 Å². The molecule has 2 aromatic carbocycles. The van der Waals surface area contributed by atoms with E-state index < -0.39 is 22.5 Å². The zero-order valence-electron chi connectivity index (χ0n) is 23.1. The van der Waals surface area contributed by atoms with Crippen molar-refractivity contribution in [3.05, 3.63) is 129 Å². The molecular formula is C31H21Cl2N3O7S. The molecule has 0 fully saturated rings. The number of hydrogen-bond acceptors (Lipinski definition) is 9. The quantitative estimate of drug-likeness (QED) is 0.111. The molecule has 44 heavy (non-hydrogen) atoms. The monoisotopic (exact) mass is 649 g/mol. The van der Waals surface area contributed by atoms with Crippen molar-refractivity contribution in [2.24, 2.45) is 4.99 Å². The van der Waals surface area contributed by atoms with Crippen LogP contribution in [0.5, 0.6) is 0 Å². The number of carbonyl (C=O) groups excluding carboxylic acids is 1. The van der Waals surface area contributed by atoms with Crippen molar-refractivity contribution in [3.63, 3.8) is 0 Å². The van der Waals surface area contributed by atoms with Gasteiger partial charge in [-0.15, -0.1) is 0 Å². The molecule has 5 aromatic rings. The van der Waals surface area contributed by atoms with Crippen LogP contribution in [0.15, 0.2) is 96.6 Å². The number of halogens is 2. The minimum absolute atomic E-state index is 0.0678. The molecule has 1 aliphatic rings. The number of esters is 1. The normalized spacial score (nSPS) is 14.8. The third-order valence-electron chi connectivity index (χ3n) is 6.86. The fourth-order valence-corrected chi connectivity index (χ4v) is 6.18. The summed E-state index contributed by atoms with van der Waals surface area (Å²) in [6, 6.07) is 16.9. The van der Waals surface area contributed by atoms with Crippen LogP contribution < -0.4 is 14.9 Å². The van der Waals surface area contributed by atoms with Crippen molar-refractivity contribution in [3.8, 4) is 22.6 Å². The zero-order chi connectivity index (χ0) is 31.1. The fraction of sp³-hybridized carbons (Fsp3) is 0.129. The van der Waals surface area contributed by atoms with Crippen LogP contribution in [-0.4, -0.2) is 22.1 Å². The van der Waals surface area contributed by atoms with Gasteiger partial charge in [0, 0.05) is 29.3 Å². The van der Waals surface area contributed by atoms with Gasteiger partial charge >= 0.3 is 5.97 Å². The zero-order valence-corrected chi connectivity index (χ0v) is 25.4. The maximum absolute atomic E-state index is 13.9. The molecule has 222 valence electrons. The van der Waals surface area contributed by atoms with E-state index in [2.05, 4.69) is 4.99 Å². The molecule has 0 N–H and O–H groups in total. The minimum atomic E-state index is -0.957. The summed E-state index contributed by atoms with van der Waals surface area (Å²) < 4.78 is 19.2. The average Bonchev–Trinajstić information content (AvgIpc) is 3.74. The fourth-order valence-electron chi connectivity index (χ4n) is 4.85. The molecule has 0 unspecified atom stereocenters. The van der Waals surface area contributed by atoms with Crippen molar-refractivity contribution in [1.29, 1.82) is 0 Å². The van der Waals surface area contributed by atoms with E-state index in [1.807, 2.05) is 0 Å². The van der Waals surface area contributed by atoms with E-state index in [9.17, 15) is 19.7 Å². The summed E-state index contributed by atoms with van der Waals surface area (Å²) in [5.74, 6) is 0.920. The first-order valence-corrected chi connectivity index (χ1v) is 14.8. The Labute approximate surface area is 262 Å². The van der Waals surface area contributed by atoms with Gasteiger partial charge in [-0.25, -0.2) is 9.79 Å². The van der Waals surface area contributed by atoms with Crippen LogP contribution in [0.1, 0.15) is 31.4 Å². The Morgan fingerprint density at radius 2 is 1.82 bits per heavy atom. The second-order valence-corrected chi connectivity index (χ2v) is 11.5. The molecule has 0 bridgehead atoms. The van der Waals surface area contributed by atoms with Gasteiger partial charge in [0.1, 0.15) is 29.1 Å². The molecule has 4 heterocycles. The summed E-state index contributed by atoms with van der Waals surface area (Å²) in [4.78, 5) is 42.7. The molecule has 0 aliphatic carbocycles. The Bertz CT molecular complexity index is 2170. The maximum Gasteiger partial charge on any atom is 0.338 e. The third kappa shape index (κ3) is 5.41. The third-order valence-corrected chi connectivity index (χ3v) is 8.58. The molecule has 1 atom stereocenters. The van der Waals surface area contributed by atoms with Gasteiger partial charge in [0.05, 0.1) is 37.4 Å². The number of thiazole rings is 1. The molecule has 0 spiro atoms. The Morgan fingerprint density at radius 3 is 2.57 bits per heavy atom. The van der Waals surface area contributed by atoms with Crippen LogP contribution >= 0.6 is 34.5 Å². The summed E-state index contributed by atoms with van der Waals surface area (Å²) in [5.41, 5.74) is 1.25. The highest BCUT2D eigenvalue weighted by Gasteiger charge is 2.35. The lowest BCUT2D eigenvalue weighted by Gasteiger charge is -2.22. The first-order chi connectivity index (χ1) is 21.1. The standard InChI is InChI=1S/C31H21Cl2N3O7S/c1-3-41-30(38)27-16(2)34-31-35(28(27)25-12-11-24(43-25)18-7-9-21(32)22(33)14-18)29(37)26(44-31)15-20-8-10-23(42-20)17-5-4-6-19(13-17)36(39)40/h4-15,28H,3H2,1-2H3/b26-15-/t28-/m1/s1. The Kier molecular flexibility index (Phi) is 7.85.